The van der Waals surface area contributed by atoms with Crippen LogP contribution in [0, 0.1) is 0 Å². The molecule has 10 heteroatoms. The van der Waals surface area contributed by atoms with Gasteiger partial charge in [-0.25, -0.2) is 4.57 Å². The van der Waals surface area contributed by atoms with Gasteiger partial charge in [0.2, 0.25) is 5.91 Å². The summed E-state index contributed by atoms with van der Waals surface area (Å²) >= 11 is 0. The largest absolute Gasteiger partial charge is 0.472 e. The van der Waals surface area contributed by atoms with Crippen LogP contribution in [0.2, 0.25) is 0 Å². The van der Waals surface area contributed by atoms with Crippen LogP contribution in [0.25, 0.3) is 0 Å². The molecule has 0 aromatic heterocycles. The molecule has 0 aliphatic heterocycles. The molecule has 0 spiro atoms. The summed E-state index contributed by atoms with van der Waals surface area (Å²) in [6, 6.07) is 0. The van der Waals surface area contributed by atoms with E-state index in [0.717, 1.165) is 83.5 Å². The number of rotatable bonds is 42. The normalized spacial score (nSPS) is 13.9. The first kappa shape index (κ1) is 55.5. The topological polar surface area (TPSA) is 131 Å². The Labute approximate surface area is 354 Å². The van der Waals surface area contributed by atoms with Gasteiger partial charge in [-0.2, -0.15) is 0 Å². The Hall–Kier alpha value is -2.55. The molecule has 0 rings (SSSR count). The number of carbonyl (C=O) groups is 2. The van der Waals surface area contributed by atoms with E-state index in [9.17, 15) is 24.2 Å². The zero-order valence-electron chi connectivity index (χ0n) is 36.7. The first-order chi connectivity index (χ1) is 28.3. The maximum Gasteiger partial charge on any atom is 0.472 e. The third kappa shape index (κ3) is 44.6. The lowest BCUT2D eigenvalue weighted by molar-refractivity contribution is -0.147. The lowest BCUT2D eigenvalue weighted by atomic mass is 10.0. The van der Waals surface area contributed by atoms with Crippen LogP contribution < -0.4 is 5.32 Å². The molecule has 0 saturated heterocycles. The Balaban J connectivity index is 3.66. The molecule has 58 heavy (non-hydrogen) atoms. The highest BCUT2D eigenvalue weighted by molar-refractivity contribution is 7.47. The van der Waals surface area contributed by atoms with Gasteiger partial charge in [-0.1, -0.05) is 183 Å². The van der Waals surface area contributed by atoms with Crippen LogP contribution in [0.1, 0.15) is 187 Å². The number of unbranched alkanes of at least 4 members (excludes halogenated alkanes) is 17. The Bertz CT molecular complexity index is 1180. The van der Waals surface area contributed by atoms with Crippen molar-refractivity contribution >= 4 is 19.7 Å². The minimum Gasteiger partial charge on any atom is -0.463 e. The fourth-order valence-corrected chi connectivity index (χ4v) is 6.73. The number of carbonyl (C=O) groups excluding carboxylic acids is 2. The molecule has 2 unspecified atom stereocenters. The van der Waals surface area contributed by atoms with E-state index in [2.05, 4.69) is 92.1 Å². The summed E-state index contributed by atoms with van der Waals surface area (Å²) < 4.78 is 26.9. The zero-order valence-corrected chi connectivity index (χ0v) is 37.6. The number of nitrogens with one attached hydrogen (secondary N) is 1. The van der Waals surface area contributed by atoms with Gasteiger partial charge in [-0.3, -0.25) is 18.6 Å². The van der Waals surface area contributed by atoms with Crippen LogP contribution in [-0.4, -0.2) is 54.3 Å². The van der Waals surface area contributed by atoms with Crippen molar-refractivity contribution in [1.29, 1.82) is 0 Å². The maximum absolute atomic E-state index is 12.1. The minimum atomic E-state index is -4.43. The molecule has 3 N–H and O–H groups in total. The van der Waals surface area contributed by atoms with Gasteiger partial charge < -0.3 is 20.1 Å². The Morgan fingerprint density at radius 1 is 0.552 bits per heavy atom. The smallest absolute Gasteiger partial charge is 0.463 e. The van der Waals surface area contributed by atoms with Crippen LogP contribution in [0.5, 0.6) is 0 Å². The highest BCUT2D eigenvalue weighted by Crippen LogP contribution is 2.42. The van der Waals surface area contributed by atoms with Crippen molar-refractivity contribution in [3.63, 3.8) is 0 Å². The van der Waals surface area contributed by atoms with Crippen LogP contribution in [0.4, 0.5) is 0 Å². The van der Waals surface area contributed by atoms with Gasteiger partial charge in [-0.05, 0) is 64.2 Å². The average molecular weight is 834 g/mol. The number of hydrogen-bond donors (Lipinski definition) is 3. The standard InChI is InChI=1S/C48H84NO8P/c1-3-5-7-9-11-13-15-17-19-20-21-22-23-24-25-26-27-29-31-33-35-37-39-41-48(52)55-44-46(50)45-57-58(53,54)56-43-42-49-47(51)40-38-36-34-32-30-28-18-16-14-12-10-8-6-4-2/h5,7,11,13,17,19,21-22,24-25,27,29,46,50H,3-4,6,8-10,12,14-16,18,20,23,26,28,30-45H2,1-2H3,(H,49,51)(H,53,54)/b7-5-,13-11-,19-17-,22-21-,25-24-,29-27-. The van der Waals surface area contributed by atoms with Gasteiger partial charge in [-0.15, -0.1) is 0 Å². The third-order valence-corrected chi connectivity index (χ3v) is 10.4. The van der Waals surface area contributed by atoms with Gasteiger partial charge in [0.25, 0.3) is 0 Å². The highest BCUT2D eigenvalue weighted by Gasteiger charge is 2.23. The van der Waals surface area contributed by atoms with E-state index in [1.54, 1.807) is 0 Å². The van der Waals surface area contributed by atoms with Gasteiger partial charge in [0.05, 0.1) is 13.2 Å². The van der Waals surface area contributed by atoms with Gasteiger partial charge >= 0.3 is 13.8 Å². The predicted molar refractivity (Wildman–Crippen MR) is 243 cm³/mol. The van der Waals surface area contributed by atoms with E-state index in [0.29, 0.717) is 12.8 Å². The average Bonchev–Trinajstić information content (AvgIpc) is 3.21. The summed E-state index contributed by atoms with van der Waals surface area (Å²) in [5.74, 6) is -0.543. The summed E-state index contributed by atoms with van der Waals surface area (Å²) in [7, 11) is -4.43. The highest BCUT2D eigenvalue weighted by atomic mass is 31.2. The molecule has 0 bridgehead atoms. The number of hydrogen-bond acceptors (Lipinski definition) is 7. The molecule has 334 valence electrons. The SMILES string of the molecule is CC/C=C\C/C=C\C/C=C\C/C=C\C/C=C\C/C=C\CCCCCCC(=O)OCC(O)COP(=O)(O)OCCNC(=O)CCCCCCCCCCCCCCCC. The van der Waals surface area contributed by atoms with Gasteiger partial charge in [0.15, 0.2) is 0 Å². The van der Waals surface area contributed by atoms with E-state index in [4.69, 9.17) is 13.8 Å². The molecule has 0 radical (unpaired) electrons. The molecular formula is C48H84NO8P. The Morgan fingerprint density at radius 3 is 1.48 bits per heavy atom. The van der Waals surface area contributed by atoms with Crippen LogP contribution in [0.3, 0.4) is 0 Å². The molecule has 0 fully saturated rings. The molecule has 0 aliphatic carbocycles. The summed E-state index contributed by atoms with van der Waals surface area (Å²) in [6.45, 7) is 3.41. The van der Waals surface area contributed by atoms with Crippen molar-refractivity contribution in [2.75, 3.05) is 26.4 Å². The molecule has 0 aromatic rings. The minimum absolute atomic E-state index is 0.0774. The molecule has 0 heterocycles. The van der Waals surface area contributed by atoms with Crippen molar-refractivity contribution in [2.24, 2.45) is 0 Å². The number of phosphoric ester groups is 1. The van der Waals surface area contributed by atoms with Crippen molar-refractivity contribution < 1.29 is 37.9 Å². The number of amides is 1. The fraction of sp³-hybridized carbons (Fsp3) is 0.708. The molecule has 1 amide bonds. The number of ether oxygens (including phenoxy) is 1. The van der Waals surface area contributed by atoms with Crippen molar-refractivity contribution in [3.8, 4) is 0 Å². The van der Waals surface area contributed by atoms with Crippen molar-refractivity contribution in [1.82, 2.24) is 5.32 Å². The fourth-order valence-electron chi connectivity index (χ4n) is 5.97. The van der Waals surface area contributed by atoms with Gasteiger partial charge in [0.1, 0.15) is 12.7 Å². The Morgan fingerprint density at radius 2 is 0.983 bits per heavy atom. The number of phosphoric acid groups is 1. The van der Waals surface area contributed by atoms with E-state index in [1.165, 1.54) is 70.6 Å². The van der Waals surface area contributed by atoms with E-state index >= 15 is 0 Å². The molecule has 0 aliphatic rings. The monoisotopic (exact) mass is 834 g/mol. The summed E-state index contributed by atoms with van der Waals surface area (Å²) in [5.41, 5.74) is 0. The molecule has 2 atom stereocenters. The van der Waals surface area contributed by atoms with Crippen LogP contribution >= 0.6 is 7.82 Å². The molecular weight excluding hydrogens is 750 g/mol. The van der Waals surface area contributed by atoms with Crippen molar-refractivity contribution in [3.05, 3.63) is 72.9 Å². The second-order valence-electron chi connectivity index (χ2n) is 15.0. The van der Waals surface area contributed by atoms with E-state index < -0.39 is 26.5 Å². The van der Waals surface area contributed by atoms with Crippen molar-refractivity contribution in [2.45, 2.75) is 193 Å². The molecule has 0 saturated carbocycles. The predicted octanol–water partition coefficient (Wildman–Crippen LogP) is 13.0. The van der Waals surface area contributed by atoms with E-state index in [-0.39, 0.29) is 32.1 Å². The third-order valence-electron chi connectivity index (χ3n) is 9.40. The molecule has 0 aromatic carbocycles. The summed E-state index contributed by atoms with van der Waals surface area (Å²) in [6.07, 6.45) is 54.0. The summed E-state index contributed by atoms with van der Waals surface area (Å²) in [4.78, 5) is 33.9. The first-order valence-electron chi connectivity index (χ1n) is 22.9. The lowest BCUT2D eigenvalue weighted by Gasteiger charge is -2.15. The lowest BCUT2D eigenvalue weighted by Crippen LogP contribution is -2.27. The maximum atomic E-state index is 12.1. The number of aliphatic hydroxyl groups excluding tert-OH is 1. The first-order valence-corrected chi connectivity index (χ1v) is 24.4. The quantitative estimate of drug-likeness (QED) is 0.0240. The van der Waals surface area contributed by atoms with E-state index in [1.807, 2.05) is 0 Å². The number of esters is 1. The Kier molecular flexibility index (Phi) is 42.1. The van der Waals surface area contributed by atoms with Crippen LogP contribution in [0.15, 0.2) is 72.9 Å². The summed E-state index contributed by atoms with van der Waals surface area (Å²) in [5, 5.41) is 12.7. The second kappa shape index (κ2) is 44.0. The zero-order chi connectivity index (χ0) is 42.5. The van der Waals surface area contributed by atoms with Crippen LogP contribution in [-0.2, 0) is 27.9 Å². The number of allylic oxidation sites excluding steroid dienone is 12. The second-order valence-corrected chi connectivity index (χ2v) is 16.5. The number of aliphatic hydroxyl groups is 1. The molecule has 9 nitrogen and oxygen atoms in total. The van der Waals surface area contributed by atoms with Gasteiger partial charge in [0, 0.05) is 19.4 Å².